The number of rotatable bonds is 5. The molecule has 1 heterocycles. The Morgan fingerprint density at radius 1 is 0.636 bits per heavy atom. The number of benzene rings is 4. The van der Waals surface area contributed by atoms with E-state index in [1.165, 1.54) is 11.1 Å². The molecular weight excluding hydrogens is 422 g/mol. The summed E-state index contributed by atoms with van der Waals surface area (Å²) in [5, 5.41) is 11.3. The maximum Gasteiger partial charge on any atom is 0.215 e. The minimum atomic E-state index is 0.832. The maximum atomic E-state index is 4.64. The van der Waals surface area contributed by atoms with Crippen LogP contribution in [0.1, 0.15) is 12.5 Å². The second kappa shape index (κ2) is 9.63. The summed E-state index contributed by atoms with van der Waals surface area (Å²) in [6.45, 7) is 1.99. The van der Waals surface area contributed by atoms with Gasteiger partial charge in [0.15, 0.2) is 0 Å². The molecule has 0 spiro atoms. The van der Waals surface area contributed by atoms with E-state index in [2.05, 4.69) is 80.8 Å². The number of hydrogen-bond donors (Lipinski definition) is 0. The first kappa shape index (κ1) is 20.9. The van der Waals surface area contributed by atoms with Gasteiger partial charge in [0.2, 0.25) is 4.80 Å². The summed E-state index contributed by atoms with van der Waals surface area (Å²) in [6, 6.07) is 39.6. The van der Waals surface area contributed by atoms with Gasteiger partial charge in [-0.25, -0.2) is 0 Å². The third kappa shape index (κ3) is 4.61. The van der Waals surface area contributed by atoms with E-state index >= 15 is 0 Å². The van der Waals surface area contributed by atoms with Crippen molar-refractivity contribution in [1.82, 2.24) is 4.57 Å². The van der Waals surface area contributed by atoms with Crippen LogP contribution in [0.5, 0.6) is 0 Å². The number of thiazole rings is 1. The SMILES string of the molecule is C/C(=N\N=c1/scc(-c2ccc(-c3ccccc3)cc2)n1-c1ccccc1)c1ccccc1. The average Bonchev–Trinajstić information content (AvgIpc) is 3.33. The molecule has 33 heavy (non-hydrogen) atoms. The molecule has 4 aromatic carbocycles. The van der Waals surface area contributed by atoms with Gasteiger partial charge in [-0.05, 0) is 41.3 Å². The van der Waals surface area contributed by atoms with Crippen LogP contribution in [0.3, 0.4) is 0 Å². The van der Waals surface area contributed by atoms with Crippen LogP contribution < -0.4 is 4.80 Å². The highest BCUT2D eigenvalue weighted by Gasteiger charge is 2.10. The molecule has 0 saturated carbocycles. The lowest BCUT2D eigenvalue weighted by atomic mass is 10.0. The van der Waals surface area contributed by atoms with Gasteiger partial charge in [0.05, 0.1) is 11.4 Å². The predicted molar refractivity (Wildman–Crippen MR) is 139 cm³/mol. The fourth-order valence-electron chi connectivity index (χ4n) is 3.73. The molecule has 0 aliphatic carbocycles. The van der Waals surface area contributed by atoms with Crippen LogP contribution in [0, 0.1) is 0 Å². The van der Waals surface area contributed by atoms with Gasteiger partial charge in [0.1, 0.15) is 0 Å². The second-order valence-corrected chi connectivity index (χ2v) is 8.51. The Balaban J connectivity index is 1.58. The van der Waals surface area contributed by atoms with E-state index in [1.54, 1.807) is 11.3 Å². The van der Waals surface area contributed by atoms with Crippen molar-refractivity contribution in [3.05, 3.63) is 131 Å². The highest BCUT2D eigenvalue weighted by Crippen LogP contribution is 2.27. The zero-order valence-electron chi connectivity index (χ0n) is 18.3. The highest BCUT2D eigenvalue weighted by atomic mass is 32.1. The quantitative estimate of drug-likeness (QED) is 0.202. The molecule has 160 valence electrons. The molecule has 0 radical (unpaired) electrons. The van der Waals surface area contributed by atoms with Crippen LogP contribution in [0.15, 0.2) is 131 Å². The van der Waals surface area contributed by atoms with Gasteiger partial charge in [-0.1, -0.05) is 103 Å². The largest absolute Gasteiger partial charge is 0.284 e. The molecule has 0 N–H and O–H groups in total. The van der Waals surface area contributed by atoms with Gasteiger partial charge >= 0.3 is 0 Å². The van der Waals surface area contributed by atoms with Crippen LogP contribution >= 0.6 is 11.3 Å². The Labute approximate surface area is 197 Å². The Kier molecular flexibility index (Phi) is 6.09. The maximum absolute atomic E-state index is 4.64. The van der Waals surface area contributed by atoms with Crippen LogP contribution in [-0.4, -0.2) is 10.3 Å². The van der Waals surface area contributed by atoms with Gasteiger partial charge in [-0.15, -0.1) is 16.4 Å². The van der Waals surface area contributed by atoms with E-state index in [9.17, 15) is 0 Å². The molecule has 0 fully saturated rings. The summed E-state index contributed by atoms with van der Waals surface area (Å²) < 4.78 is 2.17. The molecule has 5 aromatic rings. The molecule has 0 saturated heterocycles. The van der Waals surface area contributed by atoms with Crippen molar-refractivity contribution in [2.75, 3.05) is 0 Å². The lowest BCUT2D eigenvalue weighted by Gasteiger charge is -2.10. The van der Waals surface area contributed by atoms with Crippen molar-refractivity contribution in [3.8, 4) is 28.1 Å². The Hall–Kier alpha value is -4.02. The van der Waals surface area contributed by atoms with Crippen LogP contribution in [0.2, 0.25) is 0 Å². The molecule has 0 aliphatic heterocycles. The number of para-hydroxylation sites is 1. The summed E-state index contributed by atoms with van der Waals surface area (Å²) in [7, 11) is 0. The van der Waals surface area contributed by atoms with Crippen molar-refractivity contribution in [3.63, 3.8) is 0 Å². The number of hydrogen-bond acceptors (Lipinski definition) is 3. The summed E-state index contributed by atoms with van der Waals surface area (Å²) in [5.74, 6) is 0. The monoisotopic (exact) mass is 445 g/mol. The molecule has 0 atom stereocenters. The Morgan fingerprint density at radius 3 is 1.85 bits per heavy atom. The minimum Gasteiger partial charge on any atom is -0.284 e. The van der Waals surface area contributed by atoms with E-state index in [-0.39, 0.29) is 0 Å². The summed E-state index contributed by atoms with van der Waals surface area (Å²) in [4.78, 5) is 0.832. The predicted octanol–water partition coefficient (Wildman–Crippen LogP) is 7.20. The van der Waals surface area contributed by atoms with Gasteiger partial charge in [-0.2, -0.15) is 5.10 Å². The van der Waals surface area contributed by atoms with Crippen molar-refractivity contribution in [2.45, 2.75) is 6.92 Å². The van der Waals surface area contributed by atoms with Gasteiger partial charge in [0, 0.05) is 11.1 Å². The Bertz CT molecular complexity index is 1430. The zero-order chi connectivity index (χ0) is 22.5. The van der Waals surface area contributed by atoms with Crippen molar-refractivity contribution in [2.24, 2.45) is 10.2 Å². The topological polar surface area (TPSA) is 29.6 Å². The first-order chi connectivity index (χ1) is 16.3. The van der Waals surface area contributed by atoms with E-state index in [0.717, 1.165) is 33.0 Å². The van der Waals surface area contributed by atoms with Gasteiger partial charge < -0.3 is 0 Å². The fourth-order valence-corrected chi connectivity index (χ4v) is 4.58. The first-order valence-electron chi connectivity index (χ1n) is 10.8. The number of nitrogens with zero attached hydrogens (tertiary/aromatic N) is 3. The Morgan fingerprint density at radius 2 is 1.18 bits per heavy atom. The molecule has 0 aliphatic rings. The lowest BCUT2D eigenvalue weighted by molar-refractivity contribution is 0.970. The first-order valence-corrected chi connectivity index (χ1v) is 11.7. The smallest absolute Gasteiger partial charge is 0.215 e. The van der Waals surface area contributed by atoms with Crippen LogP contribution in [0.4, 0.5) is 0 Å². The third-order valence-electron chi connectivity index (χ3n) is 5.49. The molecule has 0 amide bonds. The van der Waals surface area contributed by atoms with Crippen molar-refractivity contribution in [1.29, 1.82) is 0 Å². The van der Waals surface area contributed by atoms with E-state index in [0.29, 0.717) is 0 Å². The van der Waals surface area contributed by atoms with Gasteiger partial charge in [0.25, 0.3) is 0 Å². The standard InChI is InChI=1S/C29H23N3S/c1-22(23-11-5-2-6-12-23)30-31-29-32(27-15-9-4-10-16-27)28(21-33-29)26-19-17-25(18-20-26)24-13-7-3-8-14-24/h2-21H,1H3/b30-22+,31-29-. The fraction of sp³-hybridized carbons (Fsp3) is 0.0345. The van der Waals surface area contributed by atoms with Crippen LogP contribution in [0.25, 0.3) is 28.1 Å². The normalized spacial score (nSPS) is 12.2. The molecule has 5 rings (SSSR count). The molecule has 0 unspecified atom stereocenters. The van der Waals surface area contributed by atoms with E-state index < -0.39 is 0 Å². The van der Waals surface area contributed by atoms with Crippen molar-refractivity contribution >= 4 is 17.0 Å². The second-order valence-electron chi connectivity index (χ2n) is 7.67. The average molecular weight is 446 g/mol. The molecule has 3 nitrogen and oxygen atoms in total. The zero-order valence-corrected chi connectivity index (χ0v) is 19.1. The van der Waals surface area contributed by atoms with Crippen LogP contribution in [-0.2, 0) is 0 Å². The summed E-state index contributed by atoms with van der Waals surface area (Å²) >= 11 is 1.59. The van der Waals surface area contributed by atoms with Crippen molar-refractivity contribution < 1.29 is 0 Å². The third-order valence-corrected chi connectivity index (χ3v) is 6.30. The molecule has 0 bridgehead atoms. The molecule has 1 aromatic heterocycles. The number of aromatic nitrogens is 1. The van der Waals surface area contributed by atoms with E-state index in [4.69, 9.17) is 0 Å². The molecule has 4 heteroatoms. The minimum absolute atomic E-state index is 0.832. The summed E-state index contributed by atoms with van der Waals surface area (Å²) in [5.41, 5.74) is 7.67. The lowest BCUT2D eigenvalue weighted by Crippen LogP contribution is -2.13. The van der Waals surface area contributed by atoms with Gasteiger partial charge in [-0.3, -0.25) is 4.57 Å². The molecular formula is C29H23N3S. The summed E-state index contributed by atoms with van der Waals surface area (Å²) in [6.07, 6.45) is 0. The highest BCUT2D eigenvalue weighted by molar-refractivity contribution is 7.07. The van der Waals surface area contributed by atoms with E-state index in [1.807, 2.05) is 61.5 Å².